The van der Waals surface area contributed by atoms with Gasteiger partial charge in [0, 0.05) is 16.7 Å². The van der Waals surface area contributed by atoms with Crippen LogP contribution in [-0.2, 0) is 9.59 Å². The molecule has 1 aromatic heterocycles. The van der Waals surface area contributed by atoms with E-state index >= 15 is 0 Å². The molecule has 29 heavy (non-hydrogen) atoms. The monoisotopic (exact) mass is 388 g/mol. The van der Waals surface area contributed by atoms with Crippen molar-refractivity contribution in [2.75, 3.05) is 0 Å². The number of hydrogen-bond acceptors (Lipinski definition) is 5. The normalized spacial score (nSPS) is 10.3. The molecule has 0 aliphatic heterocycles. The summed E-state index contributed by atoms with van der Waals surface area (Å²) in [5.74, 6) is 1.03. The van der Waals surface area contributed by atoms with Crippen LogP contribution >= 0.6 is 0 Å². The number of carbonyl (C=O) groups is 2. The van der Waals surface area contributed by atoms with E-state index in [0.29, 0.717) is 39.7 Å². The highest BCUT2D eigenvalue weighted by molar-refractivity contribution is 5.90. The summed E-state index contributed by atoms with van der Waals surface area (Å²) in [6, 6.07) is 17.7. The fraction of sp³-hybridized carbons (Fsp3) is 0.0833. The van der Waals surface area contributed by atoms with Gasteiger partial charge >= 0.3 is 11.9 Å². The number of esters is 2. The summed E-state index contributed by atoms with van der Waals surface area (Å²) in [5.41, 5.74) is 2.10. The fourth-order valence-corrected chi connectivity index (χ4v) is 2.47. The van der Waals surface area contributed by atoms with Crippen LogP contribution in [0.15, 0.2) is 89.4 Å². The van der Waals surface area contributed by atoms with Crippen LogP contribution in [0.1, 0.15) is 13.8 Å². The van der Waals surface area contributed by atoms with E-state index in [4.69, 9.17) is 13.9 Å². The molecule has 3 aromatic rings. The molecule has 0 aliphatic carbocycles. The first-order valence-corrected chi connectivity index (χ1v) is 8.90. The minimum absolute atomic E-state index is 0.312. The molecule has 0 unspecified atom stereocenters. The zero-order valence-corrected chi connectivity index (χ0v) is 16.2. The van der Waals surface area contributed by atoms with Crippen LogP contribution in [0.5, 0.6) is 11.5 Å². The molecule has 2 aromatic carbocycles. The Morgan fingerprint density at radius 1 is 0.759 bits per heavy atom. The van der Waals surface area contributed by atoms with Gasteiger partial charge in [-0.1, -0.05) is 25.3 Å². The first-order valence-electron chi connectivity index (χ1n) is 8.90. The van der Waals surface area contributed by atoms with Crippen LogP contribution in [0.2, 0.25) is 0 Å². The zero-order valence-electron chi connectivity index (χ0n) is 16.2. The van der Waals surface area contributed by atoms with Crippen LogP contribution in [0.4, 0.5) is 0 Å². The Bertz CT molecular complexity index is 1090. The van der Waals surface area contributed by atoms with Crippen molar-refractivity contribution < 1.29 is 23.5 Å². The average Bonchev–Trinajstić information content (AvgIpc) is 3.18. The number of benzene rings is 2. The van der Waals surface area contributed by atoms with Crippen LogP contribution in [0, 0.1) is 0 Å². The third-order valence-corrected chi connectivity index (χ3v) is 4.01. The van der Waals surface area contributed by atoms with Crippen molar-refractivity contribution >= 4 is 11.9 Å². The molecule has 5 nitrogen and oxygen atoms in total. The molecule has 0 saturated carbocycles. The van der Waals surface area contributed by atoms with E-state index in [-0.39, 0.29) is 0 Å². The molecule has 1 heterocycles. The van der Waals surface area contributed by atoms with Crippen molar-refractivity contribution in [2.45, 2.75) is 13.8 Å². The molecule has 0 N–H and O–H groups in total. The highest BCUT2D eigenvalue weighted by atomic mass is 16.5. The van der Waals surface area contributed by atoms with E-state index < -0.39 is 11.9 Å². The second kappa shape index (κ2) is 8.44. The van der Waals surface area contributed by atoms with Gasteiger partial charge < -0.3 is 13.9 Å². The molecule has 5 heteroatoms. The summed E-state index contributed by atoms with van der Waals surface area (Å²) in [6.45, 7) is 10.3. The van der Waals surface area contributed by atoms with Crippen LogP contribution in [0.3, 0.4) is 0 Å². The molecule has 0 atom stereocenters. The number of rotatable bonds is 6. The van der Waals surface area contributed by atoms with E-state index in [2.05, 4.69) is 13.2 Å². The summed E-state index contributed by atoms with van der Waals surface area (Å²) >= 11 is 0. The smallest absolute Gasteiger partial charge is 0.338 e. The highest BCUT2D eigenvalue weighted by Crippen LogP contribution is 2.34. The van der Waals surface area contributed by atoms with Crippen LogP contribution in [0.25, 0.3) is 22.6 Å². The van der Waals surface area contributed by atoms with Gasteiger partial charge in [-0.2, -0.15) is 0 Å². The third kappa shape index (κ3) is 4.71. The number of carbonyl (C=O) groups excluding carboxylic acids is 2. The second-order valence-electron chi connectivity index (χ2n) is 6.52. The molecule has 0 aliphatic rings. The van der Waals surface area contributed by atoms with E-state index in [1.54, 1.807) is 56.3 Å². The van der Waals surface area contributed by atoms with Gasteiger partial charge in [0.15, 0.2) is 0 Å². The molecule has 3 rings (SSSR count). The van der Waals surface area contributed by atoms with Gasteiger partial charge in [0.1, 0.15) is 23.0 Å². The lowest BCUT2D eigenvalue weighted by Crippen LogP contribution is -2.08. The standard InChI is InChI=1S/C24H20O5/c1-15(2)23(25)27-18-11-9-17(10-12-18)20-13-14-22(28-20)19-7-5-6-8-21(19)29-24(26)16(3)4/h5-14H,1,3H2,2,4H3. The van der Waals surface area contributed by atoms with Gasteiger partial charge in [-0.05, 0) is 62.4 Å². The Balaban J connectivity index is 1.83. The van der Waals surface area contributed by atoms with Crippen molar-refractivity contribution in [3.05, 3.63) is 85.0 Å². The predicted molar refractivity (Wildman–Crippen MR) is 110 cm³/mol. The van der Waals surface area contributed by atoms with Gasteiger partial charge in [0.05, 0.1) is 5.56 Å². The Morgan fingerprint density at radius 3 is 2.00 bits per heavy atom. The zero-order chi connectivity index (χ0) is 21.0. The van der Waals surface area contributed by atoms with Crippen LogP contribution in [-0.4, -0.2) is 11.9 Å². The molecule has 0 bridgehead atoms. The fourth-order valence-electron chi connectivity index (χ4n) is 2.47. The first-order chi connectivity index (χ1) is 13.8. The SMILES string of the molecule is C=C(C)C(=O)Oc1ccc(-c2ccc(-c3ccccc3OC(=O)C(=C)C)o2)cc1. The number of para-hydroxylation sites is 1. The summed E-state index contributed by atoms with van der Waals surface area (Å²) in [4.78, 5) is 23.5. The Morgan fingerprint density at radius 2 is 1.34 bits per heavy atom. The minimum atomic E-state index is -0.496. The molecular formula is C24H20O5. The van der Waals surface area contributed by atoms with E-state index in [1.165, 1.54) is 0 Å². The Labute approximate surface area is 168 Å². The summed E-state index contributed by atoms with van der Waals surface area (Å²) in [7, 11) is 0. The molecule has 0 amide bonds. The minimum Gasteiger partial charge on any atom is -0.456 e. The van der Waals surface area contributed by atoms with Crippen molar-refractivity contribution in [3.8, 4) is 34.1 Å². The molecular weight excluding hydrogens is 368 g/mol. The third-order valence-electron chi connectivity index (χ3n) is 4.01. The number of ether oxygens (including phenoxy) is 2. The maximum atomic E-state index is 11.9. The first kappa shape index (κ1) is 19.9. The molecule has 0 saturated heterocycles. The largest absolute Gasteiger partial charge is 0.456 e. The Kier molecular flexibility index (Phi) is 5.79. The molecule has 0 spiro atoms. The van der Waals surface area contributed by atoms with Crippen molar-refractivity contribution in [1.82, 2.24) is 0 Å². The van der Waals surface area contributed by atoms with Crippen molar-refractivity contribution in [1.29, 1.82) is 0 Å². The Hall–Kier alpha value is -3.86. The molecule has 0 radical (unpaired) electrons. The quantitative estimate of drug-likeness (QED) is 0.313. The van der Waals surface area contributed by atoms with E-state index in [9.17, 15) is 9.59 Å². The summed E-state index contributed by atoms with van der Waals surface area (Å²) < 4.78 is 16.5. The van der Waals surface area contributed by atoms with Crippen molar-refractivity contribution in [2.24, 2.45) is 0 Å². The average molecular weight is 388 g/mol. The van der Waals surface area contributed by atoms with Gasteiger partial charge in [-0.3, -0.25) is 0 Å². The van der Waals surface area contributed by atoms with Crippen LogP contribution < -0.4 is 9.47 Å². The van der Waals surface area contributed by atoms with E-state index in [1.807, 2.05) is 18.2 Å². The lowest BCUT2D eigenvalue weighted by atomic mass is 10.1. The maximum absolute atomic E-state index is 11.9. The van der Waals surface area contributed by atoms with Gasteiger partial charge in [-0.25, -0.2) is 9.59 Å². The summed E-state index contributed by atoms with van der Waals surface area (Å²) in [5, 5.41) is 0. The highest BCUT2D eigenvalue weighted by Gasteiger charge is 2.15. The van der Waals surface area contributed by atoms with Gasteiger partial charge in [-0.15, -0.1) is 0 Å². The lowest BCUT2D eigenvalue weighted by Gasteiger charge is -2.08. The lowest BCUT2D eigenvalue weighted by molar-refractivity contribution is -0.130. The predicted octanol–water partition coefficient (Wildman–Crippen LogP) is 5.58. The topological polar surface area (TPSA) is 65.7 Å². The van der Waals surface area contributed by atoms with Crippen molar-refractivity contribution in [3.63, 3.8) is 0 Å². The molecule has 0 fully saturated rings. The maximum Gasteiger partial charge on any atom is 0.338 e. The van der Waals surface area contributed by atoms with Gasteiger partial charge in [0.2, 0.25) is 0 Å². The van der Waals surface area contributed by atoms with Gasteiger partial charge in [0.25, 0.3) is 0 Å². The number of hydrogen-bond donors (Lipinski definition) is 0. The molecule has 146 valence electrons. The number of furan rings is 1. The summed E-state index contributed by atoms with van der Waals surface area (Å²) in [6.07, 6.45) is 0. The second-order valence-corrected chi connectivity index (χ2v) is 6.52. The van der Waals surface area contributed by atoms with E-state index in [0.717, 1.165) is 5.56 Å².